The molecule has 0 aliphatic heterocycles. The zero-order valence-electron chi connectivity index (χ0n) is 5.85. The van der Waals surface area contributed by atoms with Crippen LogP contribution in [0, 0.1) is 16.7 Å². The summed E-state index contributed by atoms with van der Waals surface area (Å²) in [6, 6.07) is 2.14. The van der Waals surface area contributed by atoms with Crippen LogP contribution in [0.3, 0.4) is 0 Å². The highest BCUT2D eigenvalue weighted by Gasteiger charge is 2.15. The predicted octanol–water partition coefficient (Wildman–Crippen LogP) is 0.817. The van der Waals surface area contributed by atoms with Crippen LogP contribution in [0.5, 0.6) is 0 Å². The first-order valence-corrected chi connectivity index (χ1v) is 2.85. The summed E-state index contributed by atoms with van der Waals surface area (Å²) in [5.41, 5.74) is -0.306. The van der Waals surface area contributed by atoms with Gasteiger partial charge in [0.1, 0.15) is 0 Å². The van der Waals surface area contributed by atoms with Crippen LogP contribution in [0.25, 0.3) is 0 Å². The highest BCUT2D eigenvalue weighted by molar-refractivity contribution is 4.91. The third-order valence-corrected chi connectivity index (χ3v) is 1.15. The van der Waals surface area contributed by atoms with Crippen molar-refractivity contribution in [2.75, 3.05) is 6.61 Å². The SMILES string of the molecule is CC(C)(C#N)CCON. The van der Waals surface area contributed by atoms with E-state index in [1.807, 2.05) is 13.8 Å². The number of nitrogens with zero attached hydrogens (tertiary/aromatic N) is 1. The first kappa shape index (κ1) is 8.41. The van der Waals surface area contributed by atoms with E-state index in [0.29, 0.717) is 13.0 Å². The van der Waals surface area contributed by atoms with Gasteiger partial charge in [-0.2, -0.15) is 5.26 Å². The molecule has 0 aromatic carbocycles. The highest BCUT2D eigenvalue weighted by atomic mass is 16.6. The Kier molecular flexibility index (Phi) is 3.21. The summed E-state index contributed by atoms with van der Waals surface area (Å²) in [5, 5.41) is 8.47. The van der Waals surface area contributed by atoms with Gasteiger partial charge >= 0.3 is 0 Å². The summed E-state index contributed by atoms with van der Waals surface area (Å²) < 4.78 is 0. The summed E-state index contributed by atoms with van der Waals surface area (Å²) in [4.78, 5) is 4.33. The van der Waals surface area contributed by atoms with Gasteiger partial charge in [-0.25, -0.2) is 5.90 Å². The molecule has 0 aromatic heterocycles. The van der Waals surface area contributed by atoms with Crippen LogP contribution in [-0.4, -0.2) is 6.61 Å². The molecule has 9 heavy (non-hydrogen) atoms. The van der Waals surface area contributed by atoms with E-state index in [2.05, 4.69) is 10.9 Å². The lowest BCUT2D eigenvalue weighted by molar-refractivity contribution is 0.117. The van der Waals surface area contributed by atoms with Crippen molar-refractivity contribution in [3.63, 3.8) is 0 Å². The molecule has 0 amide bonds. The van der Waals surface area contributed by atoms with Gasteiger partial charge < -0.3 is 4.84 Å². The molecule has 0 atom stereocenters. The Hall–Kier alpha value is -0.590. The maximum Gasteiger partial charge on any atom is 0.0694 e. The minimum absolute atomic E-state index is 0.306. The normalized spacial score (nSPS) is 10.9. The van der Waals surface area contributed by atoms with Crippen LogP contribution in [-0.2, 0) is 4.84 Å². The average molecular weight is 128 g/mol. The predicted molar refractivity (Wildman–Crippen MR) is 34.2 cm³/mol. The monoisotopic (exact) mass is 128 g/mol. The van der Waals surface area contributed by atoms with E-state index in [1.54, 1.807) is 0 Å². The Morgan fingerprint density at radius 1 is 1.67 bits per heavy atom. The number of rotatable bonds is 3. The largest absolute Gasteiger partial charge is 0.305 e. The molecule has 3 heteroatoms. The Balaban J connectivity index is 3.49. The van der Waals surface area contributed by atoms with Crippen LogP contribution in [0.1, 0.15) is 20.3 Å². The molecule has 0 fully saturated rings. The number of hydrogen-bond donors (Lipinski definition) is 1. The van der Waals surface area contributed by atoms with Crippen molar-refractivity contribution in [1.29, 1.82) is 5.26 Å². The molecular formula is C6H12N2O. The molecule has 52 valence electrons. The molecule has 2 N–H and O–H groups in total. The molecule has 0 aliphatic rings. The van der Waals surface area contributed by atoms with Crippen LogP contribution in [0.2, 0.25) is 0 Å². The van der Waals surface area contributed by atoms with Crippen molar-refractivity contribution < 1.29 is 4.84 Å². The standard InChI is InChI=1S/C6H12N2O/c1-6(2,5-7)3-4-9-8/h3-4,8H2,1-2H3. The van der Waals surface area contributed by atoms with Crippen LogP contribution >= 0.6 is 0 Å². The summed E-state index contributed by atoms with van der Waals surface area (Å²) >= 11 is 0. The van der Waals surface area contributed by atoms with Gasteiger partial charge in [0.25, 0.3) is 0 Å². The van der Waals surface area contributed by atoms with Crippen LogP contribution in [0.4, 0.5) is 0 Å². The van der Waals surface area contributed by atoms with Crippen molar-refractivity contribution >= 4 is 0 Å². The molecule has 0 saturated carbocycles. The molecule has 0 unspecified atom stereocenters. The molecule has 0 aromatic rings. The van der Waals surface area contributed by atoms with Gasteiger partial charge in [-0.05, 0) is 20.3 Å². The van der Waals surface area contributed by atoms with Crippen molar-refractivity contribution in [3.8, 4) is 6.07 Å². The van der Waals surface area contributed by atoms with Gasteiger partial charge in [0.15, 0.2) is 0 Å². The van der Waals surface area contributed by atoms with Crippen molar-refractivity contribution in [2.24, 2.45) is 11.3 Å². The Labute approximate surface area is 55.4 Å². The molecule has 0 radical (unpaired) electrons. The maximum atomic E-state index is 8.47. The van der Waals surface area contributed by atoms with Crippen LogP contribution in [0.15, 0.2) is 0 Å². The molecule has 0 aliphatic carbocycles. The van der Waals surface area contributed by atoms with E-state index >= 15 is 0 Å². The molecule has 3 nitrogen and oxygen atoms in total. The van der Waals surface area contributed by atoms with E-state index < -0.39 is 0 Å². The van der Waals surface area contributed by atoms with Gasteiger partial charge in [0.05, 0.1) is 18.1 Å². The topological polar surface area (TPSA) is 59.0 Å². The number of nitriles is 1. The maximum absolute atomic E-state index is 8.47. The van der Waals surface area contributed by atoms with E-state index in [9.17, 15) is 0 Å². The minimum Gasteiger partial charge on any atom is -0.305 e. The third-order valence-electron chi connectivity index (χ3n) is 1.15. The number of nitrogens with two attached hydrogens (primary N) is 1. The van der Waals surface area contributed by atoms with Crippen molar-refractivity contribution in [1.82, 2.24) is 0 Å². The fourth-order valence-electron chi connectivity index (χ4n) is 0.370. The van der Waals surface area contributed by atoms with Gasteiger partial charge in [-0.15, -0.1) is 0 Å². The molecular weight excluding hydrogens is 116 g/mol. The third kappa shape index (κ3) is 3.95. The highest BCUT2D eigenvalue weighted by Crippen LogP contribution is 2.17. The minimum atomic E-state index is -0.306. The molecule has 0 saturated heterocycles. The second-order valence-corrected chi connectivity index (χ2v) is 2.62. The number of hydrogen-bond acceptors (Lipinski definition) is 3. The zero-order valence-corrected chi connectivity index (χ0v) is 5.85. The van der Waals surface area contributed by atoms with Crippen molar-refractivity contribution in [2.45, 2.75) is 20.3 Å². The second-order valence-electron chi connectivity index (χ2n) is 2.62. The average Bonchev–Trinajstić information content (AvgIpc) is 1.84. The Morgan fingerprint density at radius 3 is 2.56 bits per heavy atom. The van der Waals surface area contributed by atoms with Crippen LogP contribution < -0.4 is 5.90 Å². The van der Waals surface area contributed by atoms with Gasteiger partial charge in [0, 0.05) is 0 Å². The summed E-state index contributed by atoms with van der Waals surface area (Å²) in [6.45, 7) is 4.15. The zero-order chi connectivity index (χ0) is 7.33. The van der Waals surface area contributed by atoms with Crippen molar-refractivity contribution in [3.05, 3.63) is 0 Å². The quantitative estimate of drug-likeness (QED) is 0.572. The second kappa shape index (κ2) is 3.44. The lowest BCUT2D eigenvalue weighted by Crippen LogP contribution is -2.13. The molecule has 0 bridgehead atoms. The smallest absolute Gasteiger partial charge is 0.0694 e. The first-order valence-electron chi connectivity index (χ1n) is 2.85. The first-order chi connectivity index (χ1) is 4.12. The van der Waals surface area contributed by atoms with E-state index in [-0.39, 0.29) is 5.41 Å². The Morgan fingerprint density at radius 2 is 2.22 bits per heavy atom. The summed E-state index contributed by atoms with van der Waals surface area (Å²) in [5.74, 6) is 4.78. The lowest BCUT2D eigenvalue weighted by Gasteiger charge is -2.12. The fraction of sp³-hybridized carbons (Fsp3) is 0.833. The fourth-order valence-corrected chi connectivity index (χ4v) is 0.370. The summed E-state index contributed by atoms with van der Waals surface area (Å²) in [7, 11) is 0. The lowest BCUT2D eigenvalue weighted by atomic mass is 9.92. The van der Waals surface area contributed by atoms with E-state index in [4.69, 9.17) is 11.2 Å². The molecule has 0 heterocycles. The van der Waals surface area contributed by atoms with Gasteiger partial charge in [-0.1, -0.05) is 0 Å². The molecule has 0 spiro atoms. The van der Waals surface area contributed by atoms with E-state index in [1.165, 1.54) is 0 Å². The summed E-state index contributed by atoms with van der Waals surface area (Å²) in [6.07, 6.45) is 0.681. The van der Waals surface area contributed by atoms with Gasteiger partial charge in [0.2, 0.25) is 0 Å². The molecule has 0 rings (SSSR count). The Bertz CT molecular complexity index is 115. The van der Waals surface area contributed by atoms with Gasteiger partial charge in [-0.3, -0.25) is 0 Å². The van der Waals surface area contributed by atoms with E-state index in [0.717, 1.165) is 0 Å².